The number of ether oxygens (including phenoxy) is 1. The second-order valence-corrected chi connectivity index (χ2v) is 4.32. The number of carbonyl (C=O) groups is 2. The van der Waals surface area contributed by atoms with Gasteiger partial charge in [0.05, 0.1) is 12.9 Å². The van der Waals surface area contributed by atoms with Crippen molar-refractivity contribution in [2.75, 3.05) is 6.61 Å². The van der Waals surface area contributed by atoms with E-state index in [1.165, 1.54) is 0 Å². The fourth-order valence-electron chi connectivity index (χ4n) is 2.11. The zero-order valence-electron chi connectivity index (χ0n) is 11.1. The fourth-order valence-corrected chi connectivity index (χ4v) is 2.11. The van der Waals surface area contributed by atoms with Gasteiger partial charge < -0.3 is 9.15 Å². The molecule has 1 aliphatic rings. The minimum atomic E-state index is -0.335. The van der Waals surface area contributed by atoms with Crippen molar-refractivity contribution in [1.82, 2.24) is 0 Å². The van der Waals surface area contributed by atoms with Crippen LogP contribution >= 0.6 is 0 Å². The Labute approximate surface area is 111 Å². The van der Waals surface area contributed by atoms with E-state index in [1.807, 2.05) is 0 Å². The monoisotopic (exact) mass is 260 g/mol. The van der Waals surface area contributed by atoms with Crippen LogP contribution in [0, 0.1) is 0 Å². The van der Waals surface area contributed by atoms with Gasteiger partial charge in [-0.25, -0.2) is 4.79 Å². The standard InChI is InChI=1S/C15H16O4/c1-3-18-15(17)12-6-7-14(16)13(10(12)2)9-11-5-4-8-19-11/h4-5,8-9H,3,6-7H2,1-2H3/b13-9+. The molecule has 0 aliphatic heterocycles. The van der Waals surface area contributed by atoms with Crippen LogP contribution in [0.1, 0.15) is 32.4 Å². The number of furan rings is 1. The maximum Gasteiger partial charge on any atom is 0.334 e. The zero-order chi connectivity index (χ0) is 13.8. The second kappa shape index (κ2) is 5.69. The van der Waals surface area contributed by atoms with E-state index < -0.39 is 0 Å². The van der Waals surface area contributed by atoms with Crippen molar-refractivity contribution in [2.24, 2.45) is 0 Å². The molecule has 2 rings (SSSR count). The molecule has 0 saturated carbocycles. The highest BCUT2D eigenvalue weighted by molar-refractivity contribution is 6.08. The maximum absolute atomic E-state index is 12.0. The smallest absolute Gasteiger partial charge is 0.334 e. The average molecular weight is 260 g/mol. The third-order valence-electron chi connectivity index (χ3n) is 3.11. The molecule has 0 aromatic carbocycles. The lowest BCUT2D eigenvalue weighted by Crippen LogP contribution is -2.18. The normalized spacial score (nSPS) is 18.0. The predicted molar refractivity (Wildman–Crippen MR) is 70.3 cm³/mol. The summed E-state index contributed by atoms with van der Waals surface area (Å²) in [6, 6.07) is 3.53. The minimum Gasteiger partial charge on any atom is -0.465 e. The Morgan fingerprint density at radius 2 is 2.26 bits per heavy atom. The van der Waals surface area contributed by atoms with E-state index in [0.717, 1.165) is 0 Å². The van der Waals surface area contributed by atoms with Crippen LogP contribution in [0.15, 0.2) is 39.5 Å². The largest absolute Gasteiger partial charge is 0.465 e. The molecular formula is C15H16O4. The first-order valence-electron chi connectivity index (χ1n) is 6.29. The van der Waals surface area contributed by atoms with Gasteiger partial charge in [0.1, 0.15) is 5.76 Å². The molecule has 0 bridgehead atoms. The summed E-state index contributed by atoms with van der Waals surface area (Å²) in [5, 5.41) is 0. The van der Waals surface area contributed by atoms with Crippen LogP contribution in [-0.2, 0) is 14.3 Å². The van der Waals surface area contributed by atoms with Crippen molar-refractivity contribution >= 4 is 17.8 Å². The Hall–Kier alpha value is -2.10. The minimum absolute atomic E-state index is 0.0296. The first kappa shape index (κ1) is 13.3. The molecule has 0 saturated heterocycles. The summed E-state index contributed by atoms with van der Waals surface area (Å²) in [4.78, 5) is 23.8. The Bertz CT molecular complexity index is 547. The van der Waals surface area contributed by atoms with Crippen LogP contribution in [0.25, 0.3) is 6.08 Å². The lowest BCUT2D eigenvalue weighted by Gasteiger charge is -2.18. The van der Waals surface area contributed by atoms with E-state index in [-0.39, 0.29) is 11.8 Å². The highest BCUT2D eigenvalue weighted by atomic mass is 16.5. The fraction of sp³-hybridized carbons (Fsp3) is 0.333. The molecule has 0 radical (unpaired) electrons. The van der Waals surface area contributed by atoms with Gasteiger partial charge in [0.25, 0.3) is 0 Å². The molecule has 4 heteroatoms. The second-order valence-electron chi connectivity index (χ2n) is 4.32. The molecule has 19 heavy (non-hydrogen) atoms. The molecule has 0 unspecified atom stereocenters. The van der Waals surface area contributed by atoms with Crippen LogP contribution in [-0.4, -0.2) is 18.4 Å². The topological polar surface area (TPSA) is 56.5 Å². The summed E-state index contributed by atoms with van der Waals surface area (Å²) < 4.78 is 10.2. The molecule has 0 amide bonds. The summed E-state index contributed by atoms with van der Waals surface area (Å²) in [5.41, 5.74) is 1.80. The van der Waals surface area contributed by atoms with Gasteiger partial charge in [-0.1, -0.05) is 0 Å². The number of hydrogen-bond donors (Lipinski definition) is 0. The molecule has 4 nitrogen and oxygen atoms in total. The summed E-state index contributed by atoms with van der Waals surface area (Å²) in [7, 11) is 0. The van der Waals surface area contributed by atoms with Crippen molar-refractivity contribution in [2.45, 2.75) is 26.7 Å². The highest BCUT2D eigenvalue weighted by Gasteiger charge is 2.26. The van der Waals surface area contributed by atoms with Gasteiger partial charge in [-0.2, -0.15) is 0 Å². The summed E-state index contributed by atoms with van der Waals surface area (Å²) in [5.74, 6) is 0.299. The first-order valence-corrected chi connectivity index (χ1v) is 6.29. The Morgan fingerprint density at radius 1 is 1.47 bits per heavy atom. The van der Waals surface area contributed by atoms with Crippen molar-refractivity contribution < 1.29 is 18.7 Å². The molecule has 1 aromatic rings. The summed E-state index contributed by atoms with van der Waals surface area (Å²) >= 11 is 0. The number of allylic oxidation sites excluding steroid dienone is 2. The Balaban J connectivity index is 2.38. The van der Waals surface area contributed by atoms with E-state index in [9.17, 15) is 9.59 Å². The third-order valence-corrected chi connectivity index (χ3v) is 3.11. The van der Waals surface area contributed by atoms with E-state index in [4.69, 9.17) is 9.15 Å². The van der Waals surface area contributed by atoms with Gasteiger partial charge in [0, 0.05) is 17.6 Å². The Kier molecular flexibility index (Phi) is 4.00. The van der Waals surface area contributed by atoms with E-state index in [0.29, 0.717) is 41.9 Å². The summed E-state index contributed by atoms with van der Waals surface area (Å²) in [6.07, 6.45) is 4.00. The molecule has 0 fully saturated rings. The van der Waals surface area contributed by atoms with E-state index >= 15 is 0 Å². The van der Waals surface area contributed by atoms with Crippen LogP contribution < -0.4 is 0 Å². The van der Waals surface area contributed by atoms with Crippen LogP contribution in [0.3, 0.4) is 0 Å². The van der Waals surface area contributed by atoms with Gasteiger partial charge in [-0.05, 0) is 44.1 Å². The number of ketones is 1. The zero-order valence-corrected chi connectivity index (χ0v) is 11.1. The van der Waals surface area contributed by atoms with Gasteiger partial charge in [-0.15, -0.1) is 0 Å². The quantitative estimate of drug-likeness (QED) is 0.619. The molecular weight excluding hydrogens is 244 g/mol. The van der Waals surface area contributed by atoms with Crippen molar-refractivity contribution in [3.8, 4) is 0 Å². The molecule has 100 valence electrons. The molecule has 1 aliphatic carbocycles. The van der Waals surface area contributed by atoms with Gasteiger partial charge >= 0.3 is 5.97 Å². The lowest BCUT2D eigenvalue weighted by molar-refractivity contribution is -0.138. The van der Waals surface area contributed by atoms with Gasteiger partial charge in [-0.3, -0.25) is 4.79 Å². The molecule has 0 atom stereocenters. The first-order chi connectivity index (χ1) is 9.13. The predicted octanol–water partition coefficient (Wildman–Crippen LogP) is 2.91. The van der Waals surface area contributed by atoms with Crippen LogP contribution in [0.2, 0.25) is 0 Å². The number of carbonyl (C=O) groups excluding carboxylic acids is 2. The molecule has 0 N–H and O–H groups in total. The van der Waals surface area contributed by atoms with Gasteiger partial charge in [0.2, 0.25) is 0 Å². The maximum atomic E-state index is 12.0. The third kappa shape index (κ3) is 2.84. The van der Waals surface area contributed by atoms with E-state index in [1.54, 1.807) is 38.3 Å². The molecule has 1 aromatic heterocycles. The number of rotatable bonds is 3. The number of hydrogen-bond acceptors (Lipinski definition) is 4. The molecule has 1 heterocycles. The Morgan fingerprint density at radius 3 is 2.89 bits per heavy atom. The highest BCUT2D eigenvalue weighted by Crippen LogP contribution is 2.29. The van der Waals surface area contributed by atoms with Crippen molar-refractivity contribution in [3.05, 3.63) is 40.9 Å². The summed E-state index contributed by atoms with van der Waals surface area (Å²) in [6.45, 7) is 3.88. The number of Topliss-reactive ketones (excluding diaryl/α,β-unsaturated/α-hetero) is 1. The van der Waals surface area contributed by atoms with Crippen LogP contribution in [0.4, 0.5) is 0 Å². The molecule has 0 spiro atoms. The van der Waals surface area contributed by atoms with E-state index in [2.05, 4.69) is 0 Å². The lowest BCUT2D eigenvalue weighted by atomic mass is 9.86. The van der Waals surface area contributed by atoms with Crippen molar-refractivity contribution in [3.63, 3.8) is 0 Å². The average Bonchev–Trinajstić information content (AvgIpc) is 2.87. The number of esters is 1. The van der Waals surface area contributed by atoms with Crippen LogP contribution in [0.5, 0.6) is 0 Å². The van der Waals surface area contributed by atoms with Gasteiger partial charge in [0.15, 0.2) is 5.78 Å². The SMILES string of the molecule is CCOC(=O)C1=C(C)/C(=C\c2ccco2)C(=O)CC1. The van der Waals surface area contributed by atoms with Crippen molar-refractivity contribution in [1.29, 1.82) is 0 Å².